The minimum absolute atomic E-state index is 0.260. The number of aryl methyl sites for hydroxylation is 3. The molecule has 2 aromatic rings. The lowest BCUT2D eigenvalue weighted by Crippen LogP contribution is -2.39. The summed E-state index contributed by atoms with van der Waals surface area (Å²) in [6, 6.07) is 16.2. The summed E-state index contributed by atoms with van der Waals surface area (Å²) in [5.41, 5.74) is 9.77. The van der Waals surface area contributed by atoms with Crippen molar-refractivity contribution in [3.8, 4) is 0 Å². The van der Waals surface area contributed by atoms with E-state index in [0.29, 0.717) is 6.04 Å². The van der Waals surface area contributed by atoms with E-state index in [2.05, 4.69) is 86.9 Å². The van der Waals surface area contributed by atoms with E-state index in [1.807, 2.05) is 0 Å². The highest BCUT2D eigenvalue weighted by Crippen LogP contribution is 2.48. The zero-order chi connectivity index (χ0) is 19.1. The Hall–Kier alpha value is -2.22. The minimum Gasteiger partial charge on any atom is -0.346 e. The number of para-hydroxylation sites is 1. The second-order valence-corrected chi connectivity index (χ2v) is 8.35. The summed E-state index contributed by atoms with van der Waals surface area (Å²) >= 11 is 0. The summed E-state index contributed by atoms with van der Waals surface area (Å²) in [5, 5.41) is 0. The second-order valence-electron chi connectivity index (χ2n) is 8.35. The SMILES string of the molecule is CC1=C(C)N(C2CCCC2)C(c2c(C)cccc2C)N1c1ccccc1C. The van der Waals surface area contributed by atoms with Crippen LogP contribution in [-0.2, 0) is 0 Å². The molecule has 0 amide bonds. The molecule has 142 valence electrons. The Morgan fingerprint density at radius 1 is 0.704 bits per heavy atom. The summed E-state index contributed by atoms with van der Waals surface area (Å²) in [6.45, 7) is 11.4. The second kappa shape index (κ2) is 7.07. The summed E-state index contributed by atoms with van der Waals surface area (Å²) in [4.78, 5) is 5.34. The highest BCUT2D eigenvalue weighted by Gasteiger charge is 2.42. The van der Waals surface area contributed by atoms with Gasteiger partial charge in [0.05, 0.1) is 0 Å². The highest BCUT2D eigenvalue weighted by atomic mass is 15.4. The van der Waals surface area contributed by atoms with Crippen molar-refractivity contribution in [1.29, 1.82) is 0 Å². The van der Waals surface area contributed by atoms with Gasteiger partial charge in [0.1, 0.15) is 6.17 Å². The van der Waals surface area contributed by atoms with E-state index >= 15 is 0 Å². The van der Waals surface area contributed by atoms with Crippen LogP contribution in [0.15, 0.2) is 53.9 Å². The van der Waals surface area contributed by atoms with E-state index in [1.165, 1.54) is 65.0 Å². The van der Waals surface area contributed by atoms with Crippen molar-refractivity contribution in [2.75, 3.05) is 4.90 Å². The van der Waals surface area contributed by atoms with Crippen LogP contribution in [0.2, 0.25) is 0 Å². The zero-order valence-electron chi connectivity index (χ0n) is 17.4. The van der Waals surface area contributed by atoms with Crippen LogP contribution in [0.4, 0.5) is 5.69 Å². The topological polar surface area (TPSA) is 6.48 Å². The predicted molar refractivity (Wildman–Crippen MR) is 115 cm³/mol. The molecule has 0 saturated heterocycles. The molecule has 2 heteroatoms. The molecule has 1 saturated carbocycles. The van der Waals surface area contributed by atoms with Crippen LogP contribution < -0.4 is 4.90 Å². The number of hydrogen-bond donors (Lipinski definition) is 0. The third-order valence-electron chi connectivity index (χ3n) is 6.67. The maximum atomic E-state index is 2.74. The van der Waals surface area contributed by atoms with Gasteiger partial charge in [-0.3, -0.25) is 0 Å². The van der Waals surface area contributed by atoms with Crippen molar-refractivity contribution in [3.05, 3.63) is 76.1 Å². The molecule has 1 aliphatic heterocycles. The third kappa shape index (κ3) is 2.96. The van der Waals surface area contributed by atoms with Gasteiger partial charge < -0.3 is 9.80 Å². The predicted octanol–water partition coefficient (Wildman–Crippen LogP) is 6.63. The molecule has 1 heterocycles. The monoisotopic (exact) mass is 360 g/mol. The maximum absolute atomic E-state index is 2.74. The van der Waals surface area contributed by atoms with Crippen LogP contribution in [0.25, 0.3) is 0 Å². The summed E-state index contributed by atoms with van der Waals surface area (Å²) in [6.07, 6.45) is 5.60. The molecule has 27 heavy (non-hydrogen) atoms. The van der Waals surface area contributed by atoms with E-state index in [0.717, 1.165) is 0 Å². The summed E-state index contributed by atoms with van der Waals surface area (Å²) in [7, 11) is 0. The minimum atomic E-state index is 0.260. The van der Waals surface area contributed by atoms with Gasteiger partial charge in [-0.05, 0) is 70.2 Å². The first-order valence-corrected chi connectivity index (χ1v) is 10.4. The number of anilines is 1. The average Bonchev–Trinajstić information content (AvgIpc) is 3.24. The largest absolute Gasteiger partial charge is 0.346 e. The fraction of sp³-hybridized carbons (Fsp3) is 0.440. The molecule has 0 bridgehead atoms. The molecule has 2 aliphatic rings. The van der Waals surface area contributed by atoms with Crippen molar-refractivity contribution >= 4 is 5.69 Å². The molecular formula is C25H32N2. The maximum Gasteiger partial charge on any atom is 0.133 e. The average molecular weight is 361 g/mol. The summed E-state index contributed by atoms with van der Waals surface area (Å²) in [5.74, 6) is 0. The summed E-state index contributed by atoms with van der Waals surface area (Å²) < 4.78 is 0. The van der Waals surface area contributed by atoms with Crippen molar-refractivity contribution in [3.63, 3.8) is 0 Å². The number of benzene rings is 2. The third-order valence-corrected chi connectivity index (χ3v) is 6.67. The van der Waals surface area contributed by atoms with Crippen LogP contribution in [0.1, 0.15) is 68.0 Å². The van der Waals surface area contributed by atoms with Crippen molar-refractivity contribution in [2.24, 2.45) is 0 Å². The van der Waals surface area contributed by atoms with E-state index in [-0.39, 0.29) is 6.17 Å². The van der Waals surface area contributed by atoms with Gasteiger partial charge >= 0.3 is 0 Å². The Morgan fingerprint density at radius 3 is 1.93 bits per heavy atom. The van der Waals surface area contributed by atoms with E-state index in [1.54, 1.807) is 0 Å². The standard InChI is InChI=1S/C25H32N2/c1-17-11-6-9-16-23(17)27-21(5)20(4)26(22-14-7-8-15-22)25(27)24-18(2)12-10-13-19(24)3/h6,9-13,16,22,25H,7-8,14-15H2,1-5H3. The molecule has 0 spiro atoms. The first kappa shape index (κ1) is 18.2. The molecule has 1 unspecified atom stereocenters. The van der Waals surface area contributed by atoms with Crippen LogP contribution in [-0.4, -0.2) is 10.9 Å². The van der Waals surface area contributed by atoms with Crippen molar-refractivity contribution < 1.29 is 0 Å². The highest BCUT2D eigenvalue weighted by molar-refractivity contribution is 5.62. The van der Waals surface area contributed by atoms with Gasteiger partial charge in [-0.25, -0.2) is 0 Å². The first-order valence-electron chi connectivity index (χ1n) is 10.4. The number of hydrogen-bond acceptors (Lipinski definition) is 2. The number of rotatable bonds is 3. The Labute approximate surface area is 164 Å². The smallest absolute Gasteiger partial charge is 0.133 e. The van der Waals surface area contributed by atoms with E-state index < -0.39 is 0 Å². The quantitative estimate of drug-likeness (QED) is 0.606. The van der Waals surface area contributed by atoms with Gasteiger partial charge in [0, 0.05) is 28.7 Å². The molecule has 1 fully saturated rings. The number of allylic oxidation sites excluding steroid dienone is 2. The molecule has 0 aromatic heterocycles. The Kier molecular flexibility index (Phi) is 4.75. The lowest BCUT2D eigenvalue weighted by atomic mass is 9.97. The number of nitrogens with zero attached hydrogens (tertiary/aromatic N) is 2. The normalized spacial score (nSPS) is 20.9. The fourth-order valence-corrected chi connectivity index (χ4v) is 5.16. The molecule has 2 nitrogen and oxygen atoms in total. The van der Waals surface area contributed by atoms with Crippen LogP contribution >= 0.6 is 0 Å². The Morgan fingerprint density at radius 2 is 1.30 bits per heavy atom. The van der Waals surface area contributed by atoms with Crippen molar-refractivity contribution in [2.45, 2.75) is 72.5 Å². The lowest BCUT2D eigenvalue weighted by molar-refractivity contribution is 0.206. The van der Waals surface area contributed by atoms with E-state index in [9.17, 15) is 0 Å². The van der Waals surface area contributed by atoms with Gasteiger partial charge in [-0.15, -0.1) is 0 Å². The van der Waals surface area contributed by atoms with Gasteiger partial charge in [0.15, 0.2) is 0 Å². The molecule has 1 atom stereocenters. The molecule has 4 rings (SSSR count). The Bertz CT molecular complexity index is 853. The van der Waals surface area contributed by atoms with Crippen molar-refractivity contribution in [1.82, 2.24) is 4.90 Å². The molecular weight excluding hydrogens is 328 g/mol. The first-order chi connectivity index (χ1) is 13.0. The molecule has 1 aliphatic carbocycles. The van der Waals surface area contributed by atoms with Gasteiger partial charge in [-0.2, -0.15) is 0 Å². The fourth-order valence-electron chi connectivity index (χ4n) is 5.16. The van der Waals surface area contributed by atoms with E-state index in [4.69, 9.17) is 0 Å². The van der Waals surface area contributed by atoms with Crippen LogP contribution in [0.5, 0.6) is 0 Å². The van der Waals surface area contributed by atoms with Gasteiger partial charge in [0.2, 0.25) is 0 Å². The van der Waals surface area contributed by atoms with Gasteiger partial charge in [-0.1, -0.05) is 49.2 Å². The van der Waals surface area contributed by atoms with Crippen LogP contribution in [0.3, 0.4) is 0 Å². The van der Waals surface area contributed by atoms with Gasteiger partial charge in [0.25, 0.3) is 0 Å². The Balaban J connectivity index is 1.92. The zero-order valence-corrected chi connectivity index (χ0v) is 17.4. The van der Waals surface area contributed by atoms with Crippen LogP contribution in [0, 0.1) is 20.8 Å². The molecule has 0 N–H and O–H groups in total. The molecule has 0 radical (unpaired) electrons. The molecule has 2 aromatic carbocycles. The lowest BCUT2D eigenvalue weighted by Gasteiger charge is -2.40.